The zero-order chi connectivity index (χ0) is 17.3. The SMILES string of the molecule is CCC1(C(C)C)NC(=O)N(Cc2csc(C3CCCCC3)n2)C1=O. The standard InChI is InChI=1S/C18H27N3O2S/c1-4-18(12(2)3)16(22)21(17(23)20-18)10-14-11-24-15(19-14)13-8-6-5-7-9-13/h11-13H,4-10H2,1-3H3,(H,20,23). The molecule has 5 nitrogen and oxygen atoms in total. The quantitative estimate of drug-likeness (QED) is 0.816. The van der Waals surface area contributed by atoms with Crippen LogP contribution in [0.2, 0.25) is 0 Å². The molecule has 1 saturated heterocycles. The molecule has 6 heteroatoms. The third-order valence-electron chi connectivity index (χ3n) is 5.59. The fourth-order valence-electron chi connectivity index (χ4n) is 3.92. The van der Waals surface area contributed by atoms with Gasteiger partial charge in [-0.2, -0.15) is 0 Å². The zero-order valence-corrected chi connectivity index (χ0v) is 15.6. The average molecular weight is 350 g/mol. The van der Waals surface area contributed by atoms with Crippen LogP contribution >= 0.6 is 11.3 Å². The van der Waals surface area contributed by atoms with Crippen molar-refractivity contribution in [2.75, 3.05) is 0 Å². The summed E-state index contributed by atoms with van der Waals surface area (Å²) >= 11 is 1.67. The maximum Gasteiger partial charge on any atom is 0.325 e. The number of carbonyl (C=O) groups is 2. The summed E-state index contributed by atoms with van der Waals surface area (Å²) in [5.74, 6) is 0.514. The number of thiazole rings is 1. The lowest BCUT2D eigenvalue weighted by Gasteiger charge is -2.29. The van der Waals surface area contributed by atoms with Crippen molar-refractivity contribution in [3.63, 3.8) is 0 Å². The Kier molecular flexibility index (Phi) is 4.95. The molecule has 3 amide bonds. The van der Waals surface area contributed by atoms with Crippen LogP contribution in [0.4, 0.5) is 4.79 Å². The number of carbonyl (C=O) groups excluding carboxylic acids is 2. The molecule has 1 unspecified atom stereocenters. The third-order valence-corrected chi connectivity index (χ3v) is 6.65. The van der Waals surface area contributed by atoms with Gasteiger partial charge in [0.15, 0.2) is 0 Å². The van der Waals surface area contributed by atoms with E-state index in [1.54, 1.807) is 11.3 Å². The van der Waals surface area contributed by atoms with Crippen LogP contribution in [-0.4, -0.2) is 27.4 Å². The maximum absolute atomic E-state index is 12.8. The smallest absolute Gasteiger partial charge is 0.323 e. The Labute approximate surface area is 147 Å². The molecule has 1 aromatic heterocycles. The van der Waals surface area contributed by atoms with Gasteiger partial charge in [-0.25, -0.2) is 9.78 Å². The van der Waals surface area contributed by atoms with Crippen LogP contribution in [0.25, 0.3) is 0 Å². The fraction of sp³-hybridized carbons (Fsp3) is 0.722. The van der Waals surface area contributed by atoms with Crippen LogP contribution in [0.5, 0.6) is 0 Å². The Bertz CT molecular complexity index is 622. The lowest BCUT2D eigenvalue weighted by Crippen LogP contribution is -2.50. The second kappa shape index (κ2) is 6.82. The second-order valence-electron chi connectivity index (χ2n) is 7.31. The molecule has 24 heavy (non-hydrogen) atoms. The van der Waals surface area contributed by atoms with Gasteiger partial charge < -0.3 is 5.32 Å². The van der Waals surface area contributed by atoms with E-state index in [0.717, 1.165) is 5.69 Å². The van der Waals surface area contributed by atoms with Crippen LogP contribution in [-0.2, 0) is 11.3 Å². The molecule has 1 atom stereocenters. The number of hydrogen-bond donors (Lipinski definition) is 1. The van der Waals surface area contributed by atoms with Crippen LogP contribution in [0.1, 0.15) is 75.9 Å². The van der Waals surface area contributed by atoms with Gasteiger partial charge >= 0.3 is 6.03 Å². The first-order chi connectivity index (χ1) is 11.5. The van der Waals surface area contributed by atoms with Gasteiger partial charge in [0.1, 0.15) is 5.54 Å². The van der Waals surface area contributed by atoms with Crippen LogP contribution < -0.4 is 5.32 Å². The third kappa shape index (κ3) is 2.96. The van der Waals surface area contributed by atoms with Crippen molar-refractivity contribution < 1.29 is 9.59 Å². The lowest BCUT2D eigenvalue weighted by atomic mass is 9.84. The molecule has 132 valence electrons. The molecule has 0 spiro atoms. The van der Waals surface area contributed by atoms with Gasteiger partial charge in [0, 0.05) is 11.3 Å². The van der Waals surface area contributed by atoms with E-state index in [1.165, 1.54) is 42.0 Å². The molecule has 3 rings (SSSR count). The monoisotopic (exact) mass is 349 g/mol. The largest absolute Gasteiger partial charge is 0.325 e. The van der Waals surface area contributed by atoms with E-state index >= 15 is 0 Å². The van der Waals surface area contributed by atoms with Crippen molar-refractivity contribution >= 4 is 23.3 Å². The van der Waals surface area contributed by atoms with E-state index in [4.69, 9.17) is 4.98 Å². The van der Waals surface area contributed by atoms with Gasteiger partial charge in [0.2, 0.25) is 0 Å². The van der Waals surface area contributed by atoms with Crippen LogP contribution in [0, 0.1) is 5.92 Å². The molecule has 2 heterocycles. The van der Waals surface area contributed by atoms with Crippen LogP contribution in [0.15, 0.2) is 5.38 Å². The maximum atomic E-state index is 12.8. The summed E-state index contributed by atoms with van der Waals surface area (Å²) in [4.78, 5) is 31.3. The lowest BCUT2D eigenvalue weighted by molar-refractivity contribution is -0.133. The molecule has 1 aromatic rings. The Morgan fingerprint density at radius 3 is 2.62 bits per heavy atom. The highest BCUT2D eigenvalue weighted by molar-refractivity contribution is 7.09. The second-order valence-corrected chi connectivity index (χ2v) is 8.20. The highest BCUT2D eigenvalue weighted by atomic mass is 32.1. The van der Waals surface area contributed by atoms with E-state index in [2.05, 4.69) is 5.32 Å². The Morgan fingerprint density at radius 2 is 2.04 bits per heavy atom. The zero-order valence-electron chi connectivity index (χ0n) is 14.8. The van der Waals surface area contributed by atoms with E-state index in [9.17, 15) is 9.59 Å². The number of rotatable bonds is 5. The Morgan fingerprint density at radius 1 is 1.33 bits per heavy atom. The summed E-state index contributed by atoms with van der Waals surface area (Å²) in [6.45, 7) is 6.19. The van der Waals surface area contributed by atoms with Crippen molar-refractivity contribution in [3.8, 4) is 0 Å². The summed E-state index contributed by atoms with van der Waals surface area (Å²) in [5, 5.41) is 6.09. The fourth-order valence-corrected chi connectivity index (χ4v) is 4.90. The molecule has 1 aliphatic carbocycles. The number of nitrogens with zero attached hydrogens (tertiary/aromatic N) is 2. The normalized spacial score (nSPS) is 25.6. The minimum Gasteiger partial charge on any atom is -0.323 e. The average Bonchev–Trinajstić information content (AvgIpc) is 3.14. The highest BCUT2D eigenvalue weighted by Crippen LogP contribution is 2.35. The molecule has 2 fully saturated rings. The topological polar surface area (TPSA) is 62.3 Å². The van der Waals surface area contributed by atoms with Gasteiger partial charge in [-0.05, 0) is 25.2 Å². The van der Waals surface area contributed by atoms with Crippen molar-refractivity contribution in [1.29, 1.82) is 0 Å². The summed E-state index contributed by atoms with van der Waals surface area (Å²) < 4.78 is 0. The highest BCUT2D eigenvalue weighted by Gasteiger charge is 2.51. The predicted molar refractivity (Wildman–Crippen MR) is 94.9 cm³/mol. The van der Waals surface area contributed by atoms with Gasteiger partial charge in [0.05, 0.1) is 17.2 Å². The number of amides is 3. The van der Waals surface area contributed by atoms with Crippen molar-refractivity contribution in [3.05, 3.63) is 16.1 Å². The minimum atomic E-state index is -0.765. The number of imide groups is 1. The van der Waals surface area contributed by atoms with E-state index in [1.807, 2.05) is 26.2 Å². The van der Waals surface area contributed by atoms with Crippen LogP contribution in [0.3, 0.4) is 0 Å². The summed E-state index contributed by atoms with van der Waals surface area (Å²) in [6, 6.07) is -0.289. The van der Waals surface area contributed by atoms with E-state index in [-0.39, 0.29) is 24.4 Å². The molecule has 0 radical (unpaired) electrons. The first-order valence-corrected chi connectivity index (χ1v) is 9.94. The van der Waals surface area contributed by atoms with Gasteiger partial charge in [-0.3, -0.25) is 9.69 Å². The number of hydrogen-bond acceptors (Lipinski definition) is 4. The van der Waals surface area contributed by atoms with Gasteiger partial charge in [-0.15, -0.1) is 11.3 Å². The minimum absolute atomic E-state index is 0.0668. The Balaban J connectivity index is 1.73. The summed E-state index contributed by atoms with van der Waals surface area (Å²) in [5.41, 5.74) is 0.0685. The molecular formula is C18H27N3O2S. The predicted octanol–water partition coefficient (Wildman–Crippen LogP) is 4.05. The number of urea groups is 1. The van der Waals surface area contributed by atoms with E-state index < -0.39 is 5.54 Å². The van der Waals surface area contributed by atoms with Gasteiger partial charge in [-0.1, -0.05) is 40.0 Å². The Hall–Kier alpha value is -1.43. The molecular weight excluding hydrogens is 322 g/mol. The molecule has 1 aliphatic heterocycles. The van der Waals surface area contributed by atoms with Crippen molar-refractivity contribution in [2.45, 2.75) is 77.3 Å². The summed E-state index contributed by atoms with van der Waals surface area (Å²) in [6.07, 6.45) is 6.91. The molecule has 0 aromatic carbocycles. The summed E-state index contributed by atoms with van der Waals surface area (Å²) in [7, 11) is 0. The molecule has 2 aliphatic rings. The van der Waals surface area contributed by atoms with Crippen molar-refractivity contribution in [2.24, 2.45) is 5.92 Å². The molecule has 1 N–H and O–H groups in total. The number of aromatic nitrogens is 1. The molecule has 0 bridgehead atoms. The number of nitrogens with one attached hydrogen (secondary N) is 1. The van der Waals surface area contributed by atoms with Crippen molar-refractivity contribution in [1.82, 2.24) is 15.2 Å². The van der Waals surface area contributed by atoms with E-state index in [0.29, 0.717) is 12.3 Å². The molecule has 1 saturated carbocycles. The van der Waals surface area contributed by atoms with Gasteiger partial charge in [0.25, 0.3) is 5.91 Å². The first kappa shape index (κ1) is 17.4. The first-order valence-electron chi connectivity index (χ1n) is 9.06.